The molecule has 0 radical (unpaired) electrons. The zero-order chi connectivity index (χ0) is 14.2. The topological polar surface area (TPSA) is 70.9 Å². The Morgan fingerprint density at radius 3 is 2.63 bits per heavy atom. The summed E-state index contributed by atoms with van der Waals surface area (Å²) in [6.07, 6.45) is 1.96. The Hall–Kier alpha value is -1.56. The van der Waals surface area contributed by atoms with Crippen LogP contribution in [0.5, 0.6) is 0 Å². The molecule has 2 N–H and O–H groups in total. The number of aryl methyl sites for hydroxylation is 2. The number of nitrogen functional groups attached to an aromatic ring is 1. The first-order valence-electron chi connectivity index (χ1n) is 6.61. The highest BCUT2D eigenvalue weighted by Gasteiger charge is 2.28. The number of methoxy groups -OCH3 is 1. The largest absolute Gasteiger partial charge is 0.382 e. The van der Waals surface area contributed by atoms with Crippen molar-refractivity contribution in [3.63, 3.8) is 0 Å². The van der Waals surface area contributed by atoms with Gasteiger partial charge in [0.2, 0.25) is 5.95 Å². The molecule has 6 nitrogen and oxygen atoms in total. The normalized spacial score (nSPS) is 12.5. The molecule has 0 atom stereocenters. The number of hydrogen-bond donors (Lipinski definition) is 1. The van der Waals surface area contributed by atoms with E-state index in [0.29, 0.717) is 12.6 Å². The van der Waals surface area contributed by atoms with Crippen LogP contribution >= 0.6 is 0 Å². The Morgan fingerprint density at radius 1 is 1.37 bits per heavy atom. The number of fused-ring (bicyclic) bond motifs is 1. The predicted octanol–water partition coefficient (Wildman–Crippen LogP) is 1.69. The van der Waals surface area contributed by atoms with Crippen LogP contribution in [0.1, 0.15) is 32.9 Å². The quantitative estimate of drug-likeness (QED) is 0.893. The van der Waals surface area contributed by atoms with Gasteiger partial charge in [-0.15, -0.1) is 0 Å². The molecule has 19 heavy (non-hydrogen) atoms. The van der Waals surface area contributed by atoms with Gasteiger partial charge in [-0.2, -0.15) is 5.10 Å². The van der Waals surface area contributed by atoms with E-state index < -0.39 is 0 Å². The van der Waals surface area contributed by atoms with E-state index in [0.717, 1.165) is 29.7 Å². The van der Waals surface area contributed by atoms with Gasteiger partial charge in [0.1, 0.15) is 5.52 Å². The van der Waals surface area contributed by atoms with Crippen LogP contribution in [0.15, 0.2) is 0 Å². The molecular formula is C13H23N5O. The predicted molar refractivity (Wildman–Crippen MR) is 76.1 cm³/mol. The highest BCUT2D eigenvalue weighted by molar-refractivity contribution is 5.78. The number of ether oxygens (including phenoxy) is 1. The van der Waals surface area contributed by atoms with Gasteiger partial charge in [-0.3, -0.25) is 9.25 Å². The van der Waals surface area contributed by atoms with E-state index in [1.165, 1.54) is 0 Å². The van der Waals surface area contributed by atoms with Crippen LogP contribution in [0.4, 0.5) is 5.95 Å². The van der Waals surface area contributed by atoms with Crippen molar-refractivity contribution in [2.75, 3.05) is 19.5 Å². The third kappa shape index (κ3) is 2.20. The van der Waals surface area contributed by atoms with Gasteiger partial charge < -0.3 is 10.5 Å². The molecule has 106 valence electrons. The number of aromatic nitrogens is 4. The van der Waals surface area contributed by atoms with Crippen LogP contribution in [-0.2, 0) is 23.7 Å². The van der Waals surface area contributed by atoms with Gasteiger partial charge >= 0.3 is 0 Å². The zero-order valence-corrected chi connectivity index (χ0v) is 12.4. The maximum Gasteiger partial charge on any atom is 0.203 e. The second kappa shape index (κ2) is 4.85. The lowest BCUT2D eigenvalue weighted by Crippen LogP contribution is -2.33. The van der Waals surface area contributed by atoms with E-state index >= 15 is 0 Å². The van der Waals surface area contributed by atoms with Crippen molar-refractivity contribution >= 4 is 17.1 Å². The summed E-state index contributed by atoms with van der Waals surface area (Å²) < 4.78 is 9.17. The molecule has 0 fully saturated rings. The molecule has 2 heterocycles. The average molecular weight is 265 g/mol. The number of anilines is 1. The first-order valence-corrected chi connectivity index (χ1v) is 6.61. The molecule has 0 saturated carbocycles. The highest BCUT2D eigenvalue weighted by atomic mass is 16.5. The summed E-state index contributed by atoms with van der Waals surface area (Å²) in [6.45, 7) is 6.87. The van der Waals surface area contributed by atoms with Gasteiger partial charge in [0.25, 0.3) is 0 Å². The van der Waals surface area contributed by atoms with Gasteiger partial charge in [0, 0.05) is 14.2 Å². The highest BCUT2D eigenvalue weighted by Crippen LogP contribution is 2.28. The fourth-order valence-electron chi connectivity index (χ4n) is 2.62. The van der Waals surface area contributed by atoms with E-state index in [-0.39, 0.29) is 5.54 Å². The Bertz CT molecular complexity index is 581. The first-order chi connectivity index (χ1) is 8.92. The monoisotopic (exact) mass is 265 g/mol. The molecule has 0 unspecified atom stereocenters. The summed E-state index contributed by atoms with van der Waals surface area (Å²) in [4.78, 5) is 4.50. The molecule has 2 aromatic rings. The Morgan fingerprint density at radius 2 is 2.05 bits per heavy atom. The minimum Gasteiger partial charge on any atom is -0.382 e. The van der Waals surface area contributed by atoms with Crippen molar-refractivity contribution in [1.29, 1.82) is 0 Å². The lowest BCUT2D eigenvalue weighted by Gasteiger charge is -2.27. The lowest BCUT2D eigenvalue weighted by atomic mass is 10.1. The molecule has 0 amide bonds. The second-order valence-electron chi connectivity index (χ2n) is 5.54. The van der Waals surface area contributed by atoms with Crippen molar-refractivity contribution < 1.29 is 4.74 Å². The van der Waals surface area contributed by atoms with E-state index in [1.54, 1.807) is 7.11 Å². The van der Waals surface area contributed by atoms with E-state index in [9.17, 15) is 0 Å². The molecule has 0 aliphatic rings. The van der Waals surface area contributed by atoms with Crippen LogP contribution in [0, 0.1) is 0 Å². The van der Waals surface area contributed by atoms with Crippen molar-refractivity contribution in [2.24, 2.45) is 7.05 Å². The van der Waals surface area contributed by atoms with E-state index in [4.69, 9.17) is 10.5 Å². The number of nitrogens with two attached hydrogens (primary N) is 1. The molecule has 2 rings (SSSR count). The van der Waals surface area contributed by atoms with Crippen molar-refractivity contribution in [2.45, 2.75) is 39.2 Å². The molecular weight excluding hydrogens is 242 g/mol. The van der Waals surface area contributed by atoms with Gasteiger partial charge in [-0.05, 0) is 20.3 Å². The fraction of sp³-hybridized carbons (Fsp3) is 0.692. The molecule has 0 aliphatic heterocycles. The summed E-state index contributed by atoms with van der Waals surface area (Å²) in [7, 11) is 3.62. The van der Waals surface area contributed by atoms with Crippen LogP contribution in [0.25, 0.3) is 11.2 Å². The molecule has 0 bridgehead atoms. The van der Waals surface area contributed by atoms with Crippen molar-refractivity contribution in [3.8, 4) is 0 Å². The molecule has 0 aliphatic carbocycles. The standard InChI is InChI=1S/C13H23N5O/c1-6-7-9-10-11(17(4)16-9)18(12(14)15-10)13(2,3)8-19-5/h6-8H2,1-5H3,(H2,14,15). The maximum atomic E-state index is 6.10. The molecule has 0 spiro atoms. The minimum absolute atomic E-state index is 0.259. The van der Waals surface area contributed by atoms with Crippen molar-refractivity contribution in [1.82, 2.24) is 19.3 Å². The van der Waals surface area contributed by atoms with Crippen LogP contribution in [0.2, 0.25) is 0 Å². The average Bonchev–Trinajstić information content (AvgIpc) is 2.78. The number of nitrogens with zero attached hydrogens (tertiary/aromatic N) is 4. The van der Waals surface area contributed by atoms with Crippen LogP contribution in [-0.4, -0.2) is 33.0 Å². The summed E-state index contributed by atoms with van der Waals surface area (Å²) in [5.74, 6) is 0.516. The smallest absolute Gasteiger partial charge is 0.203 e. The lowest BCUT2D eigenvalue weighted by molar-refractivity contribution is 0.112. The van der Waals surface area contributed by atoms with E-state index in [1.807, 2.05) is 16.3 Å². The maximum absolute atomic E-state index is 6.10. The van der Waals surface area contributed by atoms with Crippen LogP contribution in [0.3, 0.4) is 0 Å². The SMILES string of the molecule is CCCc1nn(C)c2c1nc(N)n2C(C)(C)COC. The summed E-state index contributed by atoms with van der Waals surface area (Å²) >= 11 is 0. The van der Waals surface area contributed by atoms with Gasteiger partial charge in [-0.1, -0.05) is 13.3 Å². The minimum atomic E-state index is -0.259. The zero-order valence-electron chi connectivity index (χ0n) is 12.4. The Labute approximate surface area is 113 Å². The number of hydrogen-bond acceptors (Lipinski definition) is 4. The second-order valence-corrected chi connectivity index (χ2v) is 5.54. The third-order valence-electron chi connectivity index (χ3n) is 3.32. The van der Waals surface area contributed by atoms with Gasteiger partial charge in [-0.25, -0.2) is 4.98 Å². The molecule has 0 saturated heterocycles. The first kappa shape index (κ1) is 13.9. The van der Waals surface area contributed by atoms with E-state index in [2.05, 4.69) is 30.9 Å². The summed E-state index contributed by atoms with van der Waals surface area (Å²) in [6, 6.07) is 0. The van der Waals surface area contributed by atoms with Gasteiger partial charge in [0.05, 0.1) is 17.8 Å². The molecule has 2 aromatic heterocycles. The number of imidazole rings is 1. The summed E-state index contributed by atoms with van der Waals surface area (Å²) in [5, 5.41) is 4.55. The number of rotatable bonds is 5. The van der Waals surface area contributed by atoms with Crippen LogP contribution < -0.4 is 5.73 Å². The van der Waals surface area contributed by atoms with Gasteiger partial charge in [0.15, 0.2) is 5.65 Å². The Kier molecular flexibility index (Phi) is 3.54. The Balaban J connectivity index is 2.65. The van der Waals surface area contributed by atoms with Crippen molar-refractivity contribution in [3.05, 3.63) is 5.69 Å². The molecule has 0 aromatic carbocycles. The molecule has 6 heteroatoms. The summed E-state index contributed by atoms with van der Waals surface area (Å²) in [5.41, 5.74) is 8.73. The fourth-order valence-corrected chi connectivity index (χ4v) is 2.62. The third-order valence-corrected chi connectivity index (χ3v) is 3.32.